The Hall–Kier alpha value is -0.570. The molecule has 2 unspecified atom stereocenters. The van der Waals surface area contributed by atoms with Crippen molar-refractivity contribution in [2.45, 2.75) is 38.8 Å². The van der Waals surface area contributed by atoms with E-state index in [2.05, 4.69) is 24.5 Å². The van der Waals surface area contributed by atoms with Gasteiger partial charge in [0.05, 0.1) is 0 Å². The molecule has 1 aliphatic heterocycles. The predicted molar refractivity (Wildman–Crippen MR) is 51.3 cm³/mol. The summed E-state index contributed by atoms with van der Waals surface area (Å²) in [7, 11) is 0. The molecule has 74 valence electrons. The summed E-state index contributed by atoms with van der Waals surface area (Å²) in [6.07, 6.45) is 2.62. The van der Waals surface area contributed by atoms with Gasteiger partial charge in [0.25, 0.3) is 0 Å². The molecule has 1 heterocycles. The number of carbonyl (C=O) groups is 1. The van der Waals surface area contributed by atoms with E-state index in [0.29, 0.717) is 12.0 Å². The minimum absolute atomic E-state index is 0.131. The molecule has 0 bridgehead atoms. The van der Waals surface area contributed by atoms with E-state index in [1.54, 1.807) is 0 Å². The van der Waals surface area contributed by atoms with Crippen LogP contribution in [0.5, 0.6) is 0 Å². The molecule has 0 aromatic carbocycles. The first-order valence-electron chi connectivity index (χ1n) is 5.22. The van der Waals surface area contributed by atoms with Crippen LogP contribution in [0.15, 0.2) is 0 Å². The van der Waals surface area contributed by atoms with Gasteiger partial charge in [-0.3, -0.25) is 10.1 Å². The molecular formula is C10H18N2O. The maximum atomic E-state index is 11.5. The third-order valence-electron chi connectivity index (χ3n) is 2.72. The molecule has 2 aliphatic rings. The molecule has 0 aromatic heterocycles. The summed E-state index contributed by atoms with van der Waals surface area (Å²) >= 11 is 0. The lowest BCUT2D eigenvalue weighted by Gasteiger charge is -2.05. The molecule has 0 aromatic rings. The molecule has 2 rings (SSSR count). The van der Waals surface area contributed by atoms with Crippen LogP contribution >= 0.6 is 0 Å². The maximum Gasteiger partial charge on any atom is 0.238 e. The van der Waals surface area contributed by atoms with Crippen molar-refractivity contribution >= 4 is 5.91 Å². The van der Waals surface area contributed by atoms with Gasteiger partial charge in [-0.2, -0.15) is 0 Å². The summed E-state index contributed by atoms with van der Waals surface area (Å²) in [6.45, 7) is 5.02. The van der Waals surface area contributed by atoms with Crippen LogP contribution in [0.3, 0.4) is 0 Å². The molecule has 2 atom stereocenters. The van der Waals surface area contributed by atoms with Gasteiger partial charge in [0.1, 0.15) is 6.04 Å². The molecule has 3 nitrogen and oxygen atoms in total. The normalized spacial score (nSPS) is 31.9. The summed E-state index contributed by atoms with van der Waals surface area (Å²) in [6, 6.07) is 0.637. The third-order valence-corrected chi connectivity index (χ3v) is 2.72. The van der Waals surface area contributed by atoms with Crippen molar-refractivity contribution in [1.82, 2.24) is 10.6 Å². The summed E-state index contributed by atoms with van der Waals surface area (Å²) < 4.78 is 0. The van der Waals surface area contributed by atoms with Gasteiger partial charge in [-0.25, -0.2) is 0 Å². The van der Waals surface area contributed by atoms with Gasteiger partial charge in [-0.1, -0.05) is 13.8 Å². The lowest BCUT2D eigenvalue weighted by atomic mass is 10.2. The molecular weight excluding hydrogens is 164 g/mol. The molecule has 0 radical (unpaired) electrons. The Balaban J connectivity index is 1.67. The fourth-order valence-electron chi connectivity index (χ4n) is 1.67. The molecule has 1 saturated carbocycles. The molecule has 1 aliphatic carbocycles. The lowest BCUT2D eigenvalue weighted by molar-refractivity contribution is -0.120. The van der Waals surface area contributed by atoms with Crippen molar-refractivity contribution in [3.8, 4) is 0 Å². The number of amides is 1. The van der Waals surface area contributed by atoms with Crippen LogP contribution in [0.4, 0.5) is 0 Å². The smallest absolute Gasteiger partial charge is 0.238 e. The molecule has 2 N–H and O–H groups in total. The van der Waals surface area contributed by atoms with Gasteiger partial charge in [-0.15, -0.1) is 0 Å². The number of nitrogens with one attached hydrogen (secondary N) is 2. The van der Waals surface area contributed by atoms with Crippen molar-refractivity contribution in [3.05, 3.63) is 0 Å². The summed E-state index contributed by atoms with van der Waals surface area (Å²) in [5.74, 6) is 1.54. The largest absolute Gasteiger partial charge is 0.354 e. The first-order chi connectivity index (χ1) is 6.18. The van der Waals surface area contributed by atoms with Gasteiger partial charge in [0.2, 0.25) is 5.91 Å². The van der Waals surface area contributed by atoms with Crippen LogP contribution in [0, 0.1) is 11.8 Å². The number of hydrogen-bond acceptors (Lipinski definition) is 2. The summed E-state index contributed by atoms with van der Waals surface area (Å²) in [4.78, 5) is 11.5. The van der Waals surface area contributed by atoms with E-state index in [4.69, 9.17) is 0 Å². The molecule has 2 fully saturated rings. The van der Waals surface area contributed by atoms with Gasteiger partial charge >= 0.3 is 0 Å². The summed E-state index contributed by atoms with van der Waals surface area (Å²) in [5.41, 5.74) is 0. The second kappa shape index (κ2) is 3.29. The average molecular weight is 182 g/mol. The Morgan fingerprint density at radius 1 is 1.54 bits per heavy atom. The van der Waals surface area contributed by atoms with Crippen molar-refractivity contribution in [2.24, 2.45) is 11.8 Å². The van der Waals surface area contributed by atoms with Crippen LogP contribution in [0.1, 0.15) is 26.7 Å². The molecule has 1 amide bonds. The van der Waals surface area contributed by atoms with Crippen LogP contribution < -0.4 is 10.6 Å². The highest BCUT2D eigenvalue weighted by atomic mass is 16.2. The quantitative estimate of drug-likeness (QED) is 0.622. The van der Waals surface area contributed by atoms with Gasteiger partial charge in [-0.05, 0) is 24.7 Å². The van der Waals surface area contributed by atoms with E-state index >= 15 is 0 Å². The number of hydrogen-bond donors (Lipinski definition) is 2. The lowest BCUT2D eigenvalue weighted by Crippen LogP contribution is -2.32. The minimum Gasteiger partial charge on any atom is -0.354 e. The highest BCUT2D eigenvalue weighted by Gasteiger charge is 2.50. The SMILES string of the molecule is CC(C)CNC(=O)C1NC1C1CC1. The van der Waals surface area contributed by atoms with Crippen LogP contribution in [0.25, 0.3) is 0 Å². The van der Waals surface area contributed by atoms with E-state index in [0.717, 1.165) is 12.5 Å². The zero-order chi connectivity index (χ0) is 9.42. The molecule has 1 saturated heterocycles. The monoisotopic (exact) mass is 182 g/mol. The number of rotatable bonds is 4. The highest BCUT2D eigenvalue weighted by Crippen LogP contribution is 2.39. The third kappa shape index (κ3) is 2.21. The van der Waals surface area contributed by atoms with Gasteiger partial charge < -0.3 is 5.32 Å². The standard InChI is InChI=1S/C10H18N2O/c1-6(2)5-11-10(13)9-8(12-9)7-3-4-7/h6-9,12H,3-5H2,1-2H3,(H,11,13). The van der Waals surface area contributed by atoms with Gasteiger partial charge in [0.15, 0.2) is 0 Å². The Morgan fingerprint density at radius 3 is 2.77 bits per heavy atom. The van der Waals surface area contributed by atoms with Crippen LogP contribution in [-0.2, 0) is 4.79 Å². The molecule has 3 heteroatoms. The van der Waals surface area contributed by atoms with Crippen molar-refractivity contribution in [2.75, 3.05) is 6.54 Å². The summed E-state index contributed by atoms with van der Waals surface area (Å²) in [5, 5.41) is 6.20. The van der Waals surface area contributed by atoms with Crippen LogP contribution in [-0.4, -0.2) is 24.5 Å². The van der Waals surface area contributed by atoms with E-state index in [-0.39, 0.29) is 11.9 Å². The first kappa shape index (κ1) is 9.00. The maximum absolute atomic E-state index is 11.5. The minimum atomic E-state index is 0.131. The van der Waals surface area contributed by atoms with Crippen molar-refractivity contribution in [3.63, 3.8) is 0 Å². The van der Waals surface area contributed by atoms with Crippen molar-refractivity contribution in [1.29, 1.82) is 0 Å². The molecule has 13 heavy (non-hydrogen) atoms. The second-order valence-corrected chi connectivity index (χ2v) is 4.65. The van der Waals surface area contributed by atoms with E-state index in [9.17, 15) is 4.79 Å². The first-order valence-corrected chi connectivity index (χ1v) is 5.22. The van der Waals surface area contributed by atoms with Gasteiger partial charge in [0, 0.05) is 12.6 Å². The molecule has 0 spiro atoms. The Morgan fingerprint density at radius 2 is 2.23 bits per heavy atom. The second-order valence-electron chi connectivity index (χ2n) is 4.65. The van der Waals surface area contributed by atoms with Crippen LogP contribution in [0.2, 0.25) is 0 Å². The average Bonchev–Trinajstić information content (AvgIpc) is 2.84. The topological polar surface area (TPSA) is 51.0 Å². The van der Waals surface area contributed by atoms with E-state index in [1.165, 1.54) is 12.8 Å². The highest BCUT2D eigenvalue weighted by molar-refractivity contribution is 5.85. The van der Waals surface area contributed by atoms with E-state index in [1.807, 2.05) is 0 Å². The Bertz CT molecular complexity index is 211. The number of carbonyl (C=O) groups excluding carboxylic acids is 1. The van der Waals surface area contributed by atoms with E-state index < -0.39 is 0 Å². The zero-order valence-corrected chi connectivity index (χ0v) is 8.34. The van der Waals surface area contributed by atoms with Crippen molar-refractivity contribution < 1.29 is 4.79 Å². The Kier molecular flexibility index (Phi) is 2.28. The fraction of sp³-hybridized carbons (Fsp3) is 0.900. The zero-order valence-electron chi connectivity index (χ0n) is 8.34. The predicted octanol–water partition coefficient (Wildman–Crippen LogP) is 0.509. The fourth-order valence-corrected chi connectivity index (χ4v) is 1.67. The Labute approximate surface area is 79.3 Å².